The number of hydrogen-bond donors (Lipinski definition) is 1. The van der Waals surface area contributed by atoms with Gasteiger partial charge < -0.3 is 15.1 Å². The standard InChI is InChI=1S/C16H33N3/c1-3-8-17-12-16-7-11-19(14-16)13-15-5-9-18(4-2)10-6-15/h15-17H,3-14H2,1-2H3. The SMILES string of the molecule is CCCNCC1CCN(CC2CCN(CC)CC2)C1. The van der Waals surface area contributed by atoms with Gasteiger partial charge in [-0.15, -0.1) is 0 Å². The molecule has 0 aliphatic carbocycles. The average molecular weight is 267 g/mol. The zero-order valence-corrected chi connectivity index (χ0v) is 13.0. The van der Waals surface area contributed by atoms with Crippen molar-refractivity contribution in [1.82, 2.24) is 15.1 Å². The van der Waals surface area contributed by atoms with Gasteiger partial charge in [0.25, 0.3) is 0 Å². The fourth-order valence-corrected chi connectivity index (χ4v) is 3.58. The summed E-state index contributed by atoms with van der Waals surface area (Å²) in [6, 6.07) is 0. The van der Waals surface area contributed by atoms with E-state index in [1.807, 2.05) is 0 Å². The van der Waals surface area contributed by atoms with E-state index in [-0.39, 0.29) is 0 Å². The second-order valence-electron chi connectivity index (χ2n) is 6.50. The van der Waals surface area contributed by atoms with E-state index >= 15 is 0 Å². The predicted molar refractivity (Wildman–Crippen MR) is 82.5 cm³/mol. The topological polar surface area (TPSA) is 18.5 Å². The van der Waals surface area contributed by atoms with E-state index in [1.54, 1.807) is 0 Å². The molecule has 3 heteroatoms. The van der Waals surface area contributed by atoms with Crippen molar-refractivity contribution >= 4 is 0 Å². The minimum atomic E-state index is 0.905. The Morgan fingerprint density at radius 1 is 0.947 bits per heavy atom. The first-order chi connectivity index (χ1) is 9.31. The molecule has 0 spiro atoms. The van der Waals surface area contributed by atoms with E-state index in [9.17, 15) is 0 Å². The maximum absolute atomic E-state index is 3.58. The number of rotatable bonds is 7. The second kappa shape index (κ2) is 8.23. The van der Waals surface area contributed by atoms with Crippen LogP contribution in [-0.2, 0) is 0 Å². The van der Waals surface area contributed by atoms with Crippen LogP contribution in [0.25, 0.3) is 0 Å². The highest BCUT2D eigenvalue weighted by molar-refractivity contribution is 4.81. The molecule has 2 aliphatic heterocycles. The van der Waals surface area contributed by atoms with E-state index in [4.69, 9.17) is 0 Å². The van der Waals surface area contributed by atoms with Crippen LogP contribution in [-0.4, -0.2) is 62.2 Å². The first kappa shape index (κ1) is 15.3. The van der Waals surface area contributed by atoms with Gasteiger partial charge in [-0.25, -0.2) is 0 Å². The summed E-state index contributed by atoms with van der Waals surface area (Å²) < 4.78 is 0. The zero-order valence-electron chi connectivity index (χ0n) is 13.0. The lowest BCUT2D eigenvalue weighted by atomic mass is 9.96. The fraction of sp³-hybridized carbons (Fsp3) is 1.00. The normalized spacial score (nSPS) is 27.2. The third-order valence-electron chi connectivity index (χ3n) is 4.90. The largest absolute Gasteiger partial charge is 0.316 e. The van der Waals surface area contributed by atoms with Gasteiger partial charge in [0.2, 0.25) is 0 Å². The molecular weight excluding hydrogens is 234 g/mol. The predicted octanol–water partition coefficient (Wildman–Crippen LogP) is 2.04. The van der Waals surface area contributed by atoms with Gasteiger partial charge in [-0.3, -0.25) is 0 Å². The van der Waals surface area contributed by atoms with Crippen molar-refractivity contribution in [3.63, 3.8) is 0 Å². The molecule has 2 saturated heterocycles. The minimum absolute atomic E-state index is 0.905. The van der Waals surface area contributed by atoms with Gasteiger partial charge in [0.15, 0.2) is 0 Å². The summed E-state index contributed by atoms with van der Waals surface area (Å²) in [5, 5.41) is 3.58. The van der Waals surface area contributed by atoms with Crippen LogP contribution in [0.2, 0.25) is 0 Å². The molecule has 19 heavy (non-hydrogen) atoms. The highest BCUT2D eigenvalue weighted by Gasteiger charge is 2.26. The van der Waals surface area contributed by atoms with E-state index in [0.717, 1.165) is 11.8 Å². The van der Waals surface area contributed by atoms with Crippen LogP contribution in [0.5, 0.6) is 0 Å². The molecule has 112 valence electrons. The third-order valence-corrected chi connectivity index (χ3v) is 4.90. The van der Waals surface area contributed by atoms with Crippen LogP contribution in [0.15, 0.2) is 0 Å². The minimum Gasteiger partial charge on any atom is -0.316 e. The first-order valence-corrected chi connectivity index (χ1v) is 8.47. The molecular formula is C16H33N3. The number of hydrogen-bond acceptors (Lipinski definition) is 3. The summed E-state index contributed by atoms with van der Waals surface area (Å²) in [6.07, 6.45) is 5.50. The lowest BCUT2D eigenvalue weighted by Gasteiger charge is -2.33. The molecule has 1 atom stereocenters. The molecule has 0 aromatic heterocycles. The molecule has 1 unspecified atom stereocenters. The van der Waals surface area contributed by atoms with Gasteiger partial charge in [0, 0.05) is 13.1 Å². The van der Waals surface area contributed by atoms with Crippen LogP contribution < -0.4 is 5.32 Å². The van der Waals surface area contributed by atoms with Crippen LogP contribution in [0.3, 0.4) is 0 Å². The van der Waals surface area contributed by atoms with Gasteiger partial charge in [-0.1, -0.05) is 13.8 Å². The number of piperidine rings is 1. The summed E-state index contributed by atoms with van der Waals surface area (Å²) in [5.41, 5.74) is 0. The van der Waals surface area contributed by atoms with Crippen LogP contribution in [0, 0.1) is 11.8 Å². The molecule has 2 aliphatic rings. The quantitative estimate of drug-likeness (QED) is 0.712. The summed E-state index contributed by atoms with van der Waals surface area (Å²) in [6.45, 7) is 14.9. The zero-order chi connectivity index (χ0) is 13.5. The maximum atomic E-state index is 3.58. The van der Waals surface area contributed by atoms with Crippen molar-refractivity contribution in [2.45, 2.75) is 39.5 Å². The molecule has 1 N–H and O–H groups in total. The Balaban J connectivity index is 1.60. The van der Waals surface area contributed by atoms with E-state index in [2.05, 4.69) is 29.0 Å². The molecule has 2 fully saturated rings. The Kier molecular flexibility index (Phi) is 6.62. The number of nitrogens with zero attached hydrogens (tertiary/aromatic N) is 2. The van der Waals surface area contributed by atoms with Gasteiger partial charge in [0.1, 0.15) is 0 Å². The molecule has 0 radical (unpaired) electrons. The van der Waals surface area contributed by atoms with Crippen LogP contribution in [0.4, 0.5) is 0 Å². The average Bonchev–Trinajstić information content (AvgIpc) is 2.88. The lowest BCUT2D eigenvalue weighted by molar-refractivity contribution is 0.157. The van der Waals surface area contributed by atoms with Gasteiger partial charge >= 0.3 is 0 Å². The molecule has 3 nitrogen and oxygen atoms in total. The van der Waals surface area contributed by atoms with E-state index < -0.39 is 0 Å². The van der Waals surface area contributed by atoms with Gasteiger partial charge in [-0.05, 0) is 76.8 Å². The highest BCUT2D eigenvalue weighted by Crippen LogP contribution is 2.22. The Hall–Kier alpha value is -0.120. The molecule has 0 aromatic carbocycles. The summed E-state index contributed by atoms with van der Waals surface area (Å²) in [4.78, 5) is 5.32. The smallest absolute Gasteiger partial charge is 0.00224 e. The Morgan fingerprint density at radius 2 is 1.63 bits per heavy atom. The van der Waals surface area contributed by atoms with Crippen molar-refractivity contribution in [3.8, 4) is 0 Å². The van der Waals surface area contributed by atoms with Crippen molar-refractivity contribution in [3.05, 3.63) is 0 Å². The maximum Gasteiger partial charge on any atom is 0.00224 e. The third kappa shape index (κ3) is 5.05. The number of likely N-dealkylation sites (tertiary alicyclic amines) is 2. The molecule has 0 saturated carbocycles. The monoisotopic (exact) mass is 267 g/mol. The molecule has 0 aromatic rings. The highest BCUT2D eigenvalue weighted by atomic mass is 15.2. The van der Waals surface area contributed by atoms with E-state index in [0.29, 0.717) is 0 Å². The number of nitrogens with one attached hydrogen (secondary N) is 1. The molecule has 2 rings (SSSR count). The van der Waals surface area contributed by atoms with Crippen LogP contribution >= 0.6 is 0 Å². The van der Waals surface area contributed by atoms with E-state index in [1.165, 1.54) is 78.0 Å². The first-order valence-electron chi connectivity index (χ1n) is 8.47. The van der Waals surface area contributed by atoms with Crippen molar-refractivity contribution < 1.29 is 0 Å². The molecule has 0 amide bonds. The van der Waals surface area contributed by atoms with Crippen molar-refractivity contribution in [1.29, 1.82) is 0 Å². The Labute approximate surface area is 119 Å². The lowest BCUT2D eigenvalue weighted by Crippen LogP contribution is -2.38. The summed E-state index contributed by atoms with van der Waals surface area (Å²) in [7, 11) is 0. The fourth-order valence-electron chi connectivity index (χ4n) is 3.58. The molecule has 2 heterocycles. The Morgan fingerprint density at radius 3 is 2.32 bits per heavy atom. The van der Waals surface area contributed by atoms with Crippen molar-refractivity contribution in [2.24, 2.45) is 11.8 Å². The Bertz CT molecular complexity index is 236. The second-order valence-corrected chi connectivity index (χ2v) is 6.50. The summed E-state index contributed by atoms with van der Waals surface area (Å²) >= 11 is 0. The molecule has 0 bridgehead atoms. The van der Waals surface area contributed by atoms with Gasteiger partial charge in [-0.2, -0.15) is 0 Å². The van der Waals surface area contributed by atoms with Crippen LogP contribution in [0.1, 0.15) is 39.5 Å². The van der Waals surface area contributed by atoms with Crippen molar-refractivity contribution in [2.75, 3.05) is 52.4 Å². The summed E-state index contributed by atoms with van der Waals surface area (Å²) in [5.74, 6) is 1.87. The van der Waals surface area contributed by atoms with Gasteiger partial charge in [0.05, 0.1) is 0 Å².